The van der Waals surface area contributed by atoms with E-state index in [4.69, 9.17) is 5.73 Å². The predicted octanol–water partition coefficient (Wildman–Crippen LogP) is -0.556. The summed E-state index contributed by atoms with van der Waals surface area (Å²) < 4.78 is 0. The fourth-order valence-electron chi connectivity index (χ4n) is 1.63. The van der Waals surface area contributed by atoms with Crippen LogP contribution in [0.15, 0.2) is 15.7 Å². The van der Waals surface area contributed by atoms with Gasteiger partial charge in [-0.15, -0.1) is 24.8 Å². The maximum atomic E-state index is 11.0. The molecule has 0 amide bonds. The van der Waals surface area contributed by atoms with Crippen molar-refractivity contribution in [1.82, 2.24) is 9.97 Å². The normalized spacial score (nSPS) is 18.8. The quantitative estimate of drug-likeness (QED) is 0.637. The maximum Gasteiger partial charge on any atom is 0.327 e. The third-order valence-electron chi connectivity index (χ3n) is 2.31. The molecule has 6 nitrogen and oxygen atoms in total. The Morgan fingerprint density at radius 2 is 2.00 bits per heavy atom. The summed E-state index contributed by atoms with van der Waals surface area (Å²) in [4.78, 5) is 28.6. The molecule has 1 aliphatic rings. The topological polar surface area (TPSA) is 95.0 Å². The monoisotopic (exact) mass is 268 g/mol. The van der Waals surface area contributed by atoms with Crippen LogP contribution in [0.25, 0.3) is 0 Å². The number of hydrogen-bond donors (Lipinski definition) is 3. The SMILES string of the molecule is Cl.Cl.N[C@@H]1CCN(c2cc(=O)[nH]c(=O)[nH]2)C1. The number of hydrogen-bond acceptors (Lipinski definition) is 4. The Labute approximate surface area is 104 Å². The van der Waals surface area contributed by atoms with Crippen molar-refractivity contribution in [2.45, 2.75) is 12.5 Å². The third-order valence-corrected chi connectivity index (χ3v) is 2.31. The Bertz CT molecular complexity index is 416. The van der Waals surface area contributed by atoms with Crippen LogP contribution in [0, 0.1) is 0 Å². The molecule has 92 valence electrons. The largest absolute Gasteiger partial charge is 0.356 e. The zero-order valence-corrected chi connectivity index (χ0v) is 10.1. The fourth-order valence-corrected chi connectivity index (χ4v) is 1.63. The summed E-state index contributed by atoms with van der Waals surface area (Å²) in [7, 11) is 0. The van der Waals surface area contributed by atoms with Crippen molar-refractivity contribution in [1.29, 1.82) is 0 Å². The van der Waals surface area contributed by atoms with Gasteiger partial charge in [-0.2, -0.15) is 0 Å². The summed E-state index contributed by atoms with van der Waals surface area (Å²) in [5.41, 5.74) is 4.86. The summed E-state index contributed by atoms with van der Waals surface area (Å²) >= 11 is 0. The molecule has 2 rings (SSSR count). The van der Waals surface area contributed by atoms with Crippen LogP contribution in [0.4, 0.5) is 5.82 Å². The van der Waals surface area contributed by atoms with E-state index < -0.39 is 5.69 Å². The van der Waals surface area contributed by atoms with Gasteiger partial charge >= 0.3 is 5.69 Å². The second-order valence-electron chi connectivity index (χ2n) is 3.47. The van der Waals surface area contributed by atoms with E-state index in [0.717, 1.165) is 13.0 Å². The van der Waals surface area contributed by atoms with E-state index in [9.17, 15) is 9.59 Å². The molecule has 0 bridgehead atoms. The van der Waals surface area contributed by atoms with Crippen molar-refractivity contribution in [3.8, 4) is 0 Å². The van der Waals surface area contributed by atoms with Crippen LogP contribution in [0.5, 0.6) is 0 Å². The van der Waals surface area contributed by atoms with Crippen molar-refractivity contribution in [3.05, 3.63) is 26.9 Å². The van der Waals surface area contributed by atoms with Gasteiger partial charge in [0, 0.05) is 25.2 Å². The lowest BCUT2D eigenvalue weighted by molar-refractivity contribution is 0.751. The van der Waals surface area contributed by atoms with Crippen molar-refractivity contribution in [2.24, 2.45) is 5.73 Å². The Morgan fingerprint density at radius 1 is 1.31 bits per heavy atom. The van der Waals surface area contributed by atoms with Crippen LogP contribution in [0.2, 0.25) is 0 Å². The number of nitrogens with one attached hydrogen (secondary N) is 2. The lowest BCUT2D eigenvalue weighted by Crippen LogP contribution is -2.31. The highest BCUT2D eigenvalue weighted by Crippen LogP contribution is 2.13. The van der Waals surface area contributed by atoms with E-state index in [2.05, 4.69) is 9.97 Å². The van der Waals surface area contributed by atoms with E-state index in [0.29, 0.717) is 12.4 Å². The first-order valence-corrected chi connectivity index (χ1v) is 4.49. The first-order valence-electron chi connectivity index (χ1n) is 4.49. The molecule has 1 aromatic rings. The van der Waals surface area contributed by atoms with Crippen LogP contribution >= 0.6 is 24.8 Å². The van der Waals surface area contributed by atoms with Gasteiger partial charge in [-0.3, -0.25) is 14.8 Å². The average Bonchev–Trinajstić information content (AvgIpc) is 2.50. The fraction of sp³-hybridized carbons (Fsp3) is 0.500. The zero-order valence-electron chi connectivity index (χ0n) is 8.43. The molecule has 1 aromatic heterocycles. The summed E-state index contributed by atoms with van der Waals surface area (Å²) in [6.07, 6.45) is 0.884. The highest BCUT2D eigenvalue weighted by Gasteiger charge is 2.19. The molecule has 0 spiro atoms. The first kappa shape index (κ1) is 15.0. The molecule has 0 saturated carbocycles. The van der Waals surface area contributed by atoms with E-state index >= 15 is 0 Å². The second-order valence-corrected chi connectivity index (χ2v) is 3.47. The number of rotatable bonds is 1. The standard InChI is InChI=1S/C8H12N4O2.2ClH/c9-5-1-2-12(4-5)6-3-7(13)11-8(14)10-6;;/h3,5H,1-2,4,9H2,(H2,10,11,13,14);2*1H/t5-;;/m1../s1. The Hall–Kier alpha value is -0.980. The van der Waals surface area contributed by atoms with E-state index in [1.807, 2.05) is 4.90 Å². The number of nitrogens with two attached hydrogens (primary N) is 1. The van der Waals surface area contributed by atoms with Crippen LogP contribution < -0.4 is 21.9 Å². The zero-order chi connectivity index (χ0) is 10.1. The van der Waals surface area contributed by atoms with Gasteiger partial charge in [-0.1, -0.05) is 0 Å². The summed E-state index contributed by atoms with van der Waals surface area (Å²) in [6.45, 7) is 1.46. The number of anilines is 1. The van der Waals surface area contributed by atoms with Gasteiger partial charge < -0.3 is 10.6 Å². The minimum atomic E-state index is -0.479. The molecule has 0 unspecified atom stereocenters. The first-order chi connectivity index (χ1) is 6.65. The minimum absolute atomic E-state index is 0. The van der Waals surface area contributed by atoms with Crippen LogP contribution in [-0.4, -0.2) is 29.1 Å². The Balaban J connectivity index is 0.00000112. The van der Waals surface area contributed by atoms with Crippen LogP contribution in [0.1, 0.15) is 6.42 Å². The van der Waals surface area contributed by atoms with E-state index in [-0.39, 0.29) is 36.4 Å². The van der Waals surface area contributed by atoms with Crippen molar-refractivity contribution < 1.29 is 0 Å². The van der Waals surface area contributed by atoms with Gasteiger partial charge in [-0.25, -0.2) is 4.79 Å². The molecule has 8 heteroatoms. The lowest BCUT2D eigenvalue weighted by Gasteiger charge is -2.16. The van der Waals surface area contributed by atoms with Gasteiger partial charge in [0.15, 0.2) is 0 Å². The van der Waals surface area contributed by atoms with Crippen LogP contribution in [0.3, 0.4) is 0 Å². The number of halogens is 2. The van der Waals surface area contributed by atoms with E-state index in [1.165, 1.54) is 6.07 Å². The summed E-state index contributed by atoms with van der Waals surface area (Å²) in [5, 5.41) is 0. The minimum Gasteiger partial charge on any atom is -0.356 e. The van der Waals surface area contributed by atoms with Crippen LogP contribution in [-0.2, 0) is 0 Å². The molecular formula is C8H14Cl2N4O2. The molecule has 2 heterocycles. The van der Waals surface area contributed by atoms with E-state index in [1.54, 1.807) is 0 Å². The molecule has 4 N–H and O–H groups in total. The molecule has 1 atom stereocenters. The molecular weight excluding hydrogens is 255 g/mol. The molecule has 0 aromatic carbocycles. The van der Waals surface area contributed by atoms with Gasteiger partial charge in [0.1, 0.15) is 5.82 Å². The van der Waals surface area contributed by atoms with Gasteiger partial charge in [0.05, 0.1) is 0 Å². The number of aromatic amines is 2. The second kappa shape index (κ2) is 5.93. The average molecular weight is 269 g/mol. The highest BCUT2D eigenvalue weighted by molar-refractivity contribution is 5.85. The maximum absolute atomic E-state index is 11.0. The number of aromatic nitrogens is 2. The number of nitrogens with zero attached hydrogens (tertiary/aromatic N) is 1. The highest BCUT2D eigenvalue weighted by atomic mass is 35.5. The molecule has 1 aliphatic heterocycles. The van der Waals surface area contributed by atoms with Gasteiger partial charge in [-0.05, 0) is 6.42 Å². The molecule has 1 saturated heterocycles. The van der Waals surface area contributed by atoms with Crippen molar-refractivity contribution in [2.75, 3.05) is 18.0 Å². The summed E-state index contributed by atoms with van der Waals surface area (Å²) in [6, 6.07) is 1.50. The molecule has 0 radical (unpaired) electrons. The summed E-state index contributed by atoms with van der Waals surface area (Å²) in [5.74, 6) is 0.548. The molecule has 16 heavy (non-hydrogen) atoms. The third kappa shape index (κ3) is 3.26. The molecule has 0 aliphatic carbocycles. The van der Waals surface area contributed by atoms with Crippen molar-refractivity contribution in [3.63, 3.8) is 0 Å². The molecule has 1 fully saturated rings. The van der Waals surface area contributed by atoms with Gasteiger partial charge in [0.2, 0.25) is 0 Å². The van der Waals surface area contributed by atoms with Crippen molar-refractivity contribution >= 4 is 30.6 Å². The Morgan fingerprint density at radius 3 is 2.50 bits per heavy atom. The Kier molecular flexibility index (Phi) is 5.57. The lowest BCUT2D eigenvalue weighted by atomic mass is 10.3. The predicted molar refractivity (Wildman–Crippen MR) is 67.0 cm³/mol. The van der Waals surface area contributed by atoms with Gasteiger partial charge in [0.25, 0.3) is 5.56 Å². The number of H-pyrrole nitrogens is 2. The smallest absolute Gasteiger partial charge is 0.327 e.